The first kappa shape index (κ1) is 15.0. The highest BCUT2D eigenvalue weighted by atomic mass is 16.5. The Morgan fingerprint density at radius 1 is 1.33 bits per heavy atom. The number of ether oxygens (including phenoxy) is 1. The SMILES string of the molecule is CCn1cc(NC(C)c2cc(OC)ccc2O)ccc1=O. The number of hydrogen-bond donors (Lipinski definition) is 2. The number of hydrogen-bond acceptors (Lipinski definition) is 4. The zero-order chi connectivity index (χ0) is 15.4. The summed E-state index contributed by atoms with van der Waals surface area (Å²) in [5.41, 5.74) is 1.54. The Morgan fingerprint density at radius 2 is 2.10 bits per heavy atom. The van der Waals surface area contributed by atoms with E-state index in [1.165, 1.54) is 6.07 Å². The molecule has 2 rings (SSSR count). The Bertz CT molecular complexity index is 679. The van der Waals surface area contributed by atoms with E-state index in [9.17, 15) is 9.90 Å². The molecule has 0 aliphatic carbocycles. The third kappa shape index (κ3) is 3.37. The normalized spacial score (nSPS) is 12.0. The molecule has 0 radical (unpaired) electrons. The summed E-state index contributed by atoms with van der Waals surface area (Å²) in [5, 5.41) is 13.2. The van der Waals surface area contributed by atoms with Gasteiger partial charge in [0.2, 0.25) is 0 Å². The van der Waals surface area contributed by atoms with E-state index in [0.717, 1.165) is 11.3 Å². The van der Waals surface area contributed by atoms with Crippen LogP contribution in [0.5, 0.6) is 11.5 Å². The second-order valence-corrected chi connectivity index (χ2v) is 4.83. The van der Waals surface area contributed by atoms with E-state index >= 15 is 0 Å². The molecule has 0 aliphatic rings. The molecule has 1 aromatic carbocycles. The van der Waals surface area contributed by atoms with Crippen molar-refractivity contribution >= 4 is 5.69 Å². The van der Waals surface area contributed by atoms with Crippen LogP contribution in [0.3, 0.4) is 0 Å². The van der Waals surface area contributed by atoms with Crippen molar-refractivity contribution in [1.29, 1.82) is 0 Å². The van der Waals surface area contributed by atoms with Gasteiger partial charge in [-0.1, -0.05) is 0 Å². The molecule has 0 spiro atoms. The van der Waals surface area contributed by atoms with Crippen molar-refractivity contribution in [1.82, 2.24) is 4.57 Å². The van der Waals surface area contributed by atoms with E-state index in [2.05, 4.69) is 5.32 Å². The van der Waals surface area contributed by atoms with Gasteiger partial charge in [-0.2, -0.15) is 0 Å². The number of aromatic nitrogens is 1. The molecule has 2 aromatic rings. The summed E-state index contributed by atoms with van der Waals surface area (Å²) in [4.78, 5) is 11.6. The van der Waals surface area contributed by atoms with Crippen LogP contribution in [-0.4, -0.2) is 16.8 Å². The molecule has 112 valence electrons. The maximum atomic E-state index is 11.6. The van der Waals surface area contributed by atoms with Gasteiger partial charge in [-0.25, -0.2) is 0 Å². The zero-order valence-electron chi connectivity index (χ0n) is 12.5. The lowest BCUT2D eigenvalue weighted by Crippen LogP contribution is -2.18. The van der Waals surface area contributed by atoms with Crippen LogP contribution in [0.25, 0.3) is 0 Å². The lowest BCUT2D eigenvalue weighted by atomic mass is 10.1. The minimum Gasteiger partial charge on any atom is -0.508 e. The van der Waals surface area contributed by atoms with E-state index in [-0.39, 0.29) is 17.4 Å². The quantitative estimate of drug-likeness (QED) is 0.888. The van der Waals surface area contributed by atoms with Crippen molar-refractivity contribution in [2.24, 2.45) is 0 Å². The van der Waals surface area contributed by atoms with Gasteiger partial charge < -0.3 is 19.7 Å². The van der Waals surface area contributed by atoms with Crippen molar-refractivity contribution in [2.75, 3.05) is 12.4 Å². The molecule has 1 unspecified atom stereocenters. The molecule has 0 bridgehead atoms. The molecule has 0 saturated carbocycles. The first-order valence-corrected chi connectivity index (χ1v) is 6.89. The molecule has 0 saturated heterocycles. The fraction of sp³-hybridized carbons (Fsp3) is 0.312. The van der Waals surface area contributed by atoms with Gasteiger partial charge in [0.05, 0.1) is 18.8 Å². The zero-order valence-corrected chi connectivity index (χ0v) is 12.5. The average molecular weight is 288 g/mol. The number of methoxy groups -OCH3 is 1. The molecule has 1 aromatic heterocycles. The fourth-order valence-electron chi connectivity index (χ4n) is 2.20. The number of aromatic hydroxyl groups is 1. The summed E-state index contributed by atoms with van der Waals surface area (Å²) in [6.45, 7) is 4.48. The first-order chi connectivity index (χ1) is 10.0. The Balaban J connectivity index is 2.25. The molecule has 2 N–H and O–H groups in total. The summed E-state index contributed by atoms with van der Waals surface area (Å²) in [6, 6.07) is 8.26. The van der Waals surface area contributed by atoms with E-state index < -0.39 is 0 Å². The van der Waals surface area contributed by atoms with Gasteiger partial charge in [-0.05, 0) is 38.1 Å². The molecule has 1 atom stereocenters. The smallest absolute Gasteiger partial charge is 0.250 e. The number of pyridine rings is 1. The number of rotatable bonds is 5. The van der Waals surface area contributed by atoms with Crippen LogP contribution in [-0.2, 0) is 6.54 Å². The van der Waals surface area contributed by atoms with Gasteiger partial charge in [0.15, 0.2) is 0 Å². The number of nitrogens with one attached hydrogen (secondary N) is 1. The number of phenols is 1. The molecule has 5 heteroatoms. The van der Waals surface area contributed by atoms with Crippen molar-refractivity contribution in [3.63, 3.8) is 0 Å². The van der Waals surface area contributed by atoms with Gasteiger partial charge in [0, 0.05) is 24.4 Å². The van der Waals surface area contributed by atoms with Crippen LogP contribution in [0.15, 0.2) is 41.3 Å². The molecule has 5 nitrogen and oxygen atoms in total. The monoisotopic (exact) mass is 288 g/mol. The molecule has 21 heavy (non-hydrogen) atoms. The lowest BCUT2D eigenvalue weighted by molar-refractivity contribution is 0.410. The van der Waals surface area contributed by atoms with Crippen molar-refractivity contribution in [2.45, 2.75) is 26.4 Å². The summed E-state index contributed by atoms with van der Waals surface area (Å²) < 4.78 is 6.80. The summed E-state index contributed by atoms with van der Waals surface area (Å²) in [5.74, 6) is 0.898. The minimum absolute atomic E-state index is 0.0278. The topological polar surface area (TPSA) is 63.5 Å². The third-order valence-corrected chi connectivity index (χ3v) is 3.41. The Labute approximate surface area is 123 Å². The third-order valence-electron chi connectivity index (χ3n) is 3.41. The van der Waals surface area contributed by atoms with Gasteiger partial charge in [-0.15, -0.1) is 0 Å². The van der Waals surface area contributed by atoms with Crippen LogP contribution in [0.1, 0.15) is 25.5 Å². The highest BCUT2D eigenvalue weighted by molar-refractivity contribution is 5.48. The second-order valence-electron chi connectivity index (χ2n) is 4.83. The van der Waals surface area contributed by atoms with Crippen LogP contribution < -0.4 is 15.6 Å². The highest BCUT2D eigenvalue weighted by Gasteiger charge is 2.12. The largest absolute Gasteiger partial charge is 0.508 e. The second kappa shape index (κ2) is 6.35. The molecule has 0 aliphatic heterocycles. The van der Waals surface area contributed by atoms with Gasteiger partial charge in [0.1, 0.15) is 11.5 Å². The van der Waals surface area contributed by atoms with E-state index in [1.807, 2.05) is 13.8 Å². The van der Waals surface area contributed by atoms with Crippen molar-refractivity contribution in [3.05, 3.63) is 52.4 Å². The number of benzene rings is 1. The molecular formula is C16H20N2O3. The Hall–Kier alpha value is -2.43. The van der Waals surface area contributed by atoms with Crippen LogP contribution >= 0.6 is 0 Å². The Kier molecular flexibility index (Phi) is 4.52. The van der Waals surface area contributed by atoms with Crippen LogP contribution in [0, 0.1) is 0 Å². The van der Waals surface area contributed by atoms with E-state index in [4.69, 9.17) is 4.74 Å². The minimum atomic E-state index is -0.122. The molecular weight excluding hydrogens is 268 g/mol. The van der Waals surface area contributed by atoms with Crippen molar-refractivity contribution < 1.29 is 9.84 Å². The molecule has 0 amide bonds. The maximum absolute atomic E-state index is 11.6. The van der Waals surface area contributed by atoms with Gasteiger partial charge in [0.25, 0.3) is 5.56 Å². The summed E-state index contributed by atoms with van der Waals surface area (Å²) in [6.07, 6.45) is 1.77. The summed E-state index contributed by atoms with van der Waals surface area (Å²) in [7, 11) is 1.59. The number of aryl methyl sites for hydroxylation is 1. The van der Waals surface area contributed by atoms with E-state index in [1.54, 1.807) is 42.1 Å². The molecule has 0 fully saturated rings. The summed E-state index contributed by atoms with van der Waals surface area (Å²) >= 11 is 0. The first-order valence-electron chi connectivity index (χ1n) is 6.89. The number of anilines is 1. The van der Waals surface area contributed by atoms with Gasteiger partial charge in [-0.3, -0.25) is 4.79 Å². The predicted octanol–water partition coefficient (Wildman–Crippen LogP) is 2.76. The van der Waals surface area contributed by atoms with Crippen LogP contribution in [0.4, 0.5) is 5.69 Å². The maximum Gasteiger partial charge on any atom is 0.250 e. The number of nitrogens with zero attached hydrogens (tertiary/aromatic N) is 1. The lowest BCUT2D eigenvalue weighted by Gasteiger charge is -2.18. The Morgan fingerprint density at radius 3 is 2.76 bits per heavy atom. The fourth-order valence-corrected chi connectivity index (χ4v) is 2.20. The molecule has 1 heterocycles. The number of phenolic OH excluding ortho intramolecular Hbond substituents is 1. The van der Waals surface area contributed by atoms with Crippen LogP contribution in [0.2, 0.25) is 0 Å². The highest BCUT2D eigenvalue weighted by Crippen LogP contribution is 2.30. The van der Waals surface area contributed by atoms with E-state index in [0.29, 0.717) is 12.3 Å². The average Bonchev–Trinajstić information content (AvgIpc) is 2.49. The van der Waals surface area contributed by atoms with Crippen molar-refractivity contribution in [3.8, 4) is 11.5 Å². The van der Waals surface area contributed by atoms with Gasteiger partial charge >= 0.3 is 0 Å². The standard InChI is InChI=1S/C16H20N2O3/c1-4-18-10-12(5-8-16(18)20)17-11(2)14-9-13(21-3)6-7-15(14)19/h5-11,17,19H,4H2,1-3H3. The predicted molar refractivity (Wildman–Crippen MR) is 83.1 cm³/mol.